The molecule has 7 heteroatoms. The molecule has 0 aliphatic carbocycles. The molecule has 2 aromatic rings. The topological polar surface area (TPSA) is 75.7 Å². The number of benzene rings is 2. The standard InChI is InChI=1S/C22H28N2O4S/c1-17(2)28-20-11-9-18(10-12-20)16-23-22(25)19-7-6-8-21(15-19)29(26,27)24-13-4-3-5-14-24/h6-12,15,17H,3-5,13-14,16H2,1-2H3,(H,23,25). The molecule has 0 aromatic heterocycles. The maximum absolute atomic E-state index is 12.8. The second kappa shape index (κ2) is 9.41. The zero-order valence-electron chi connectivity index (χ0n) is 16.9. The molecule has 1 aliphatic rings. The van der Waals surface area contributed by atoms with Gasteiger partial charge in [-0.15, -0.1) is 0 Å². The first kappa shape index (κ1) is 21.3. The largest absolute Gasteiger partial charge is 0.491 e. The lowest BCUT2D eigenvalue weighted by Gasteiger charge is -2.26. The summed E-state index contributed by atoms with van der Waals surface area (Å²) < 4.78 is 32.8. The molecule has 1 heterocycles. The molecule has 0 bridgehead atoms. The van der Waals surface area contributed by atoms with Crippen LogP contribution in [-0.2, 0) is 16.6 Å². The first-order chi connectivity index (χ1) is 13.9. The third-order valence-corrected chi connectivity index (χ3v) is 6.69. The summed E-state index contributed by atoms with van der Waals surface area (Å²) in [5.41, 5.74) is 1.27. The Morgan fingerprint density at radius 3 is 2.41 bits per heavy atom. The summed E-state index contributed by atoms with van der Waals surface area (Å²) in [5, 5.41) is 2.85. The summed E-state index contributed by atoms with van der Waals surface area (Å²) in [4.78, 5) is 12.7. The van der Waals surface area contributed by atoms with Crippen LogP contribution in [0.1, 0.15) is 49.0 Å². The van der Waals surface area contributed by atoms with Crippen molar-refractivity contribution < 1.29 is 17.9 Å². The van der Waals surface area contributed by atoms with E-state index in [0.29, 0.717) is 25.2 Å². The van der Waals surface area contributed by atoms with E-state index >= 15 is 0 Å². The number of carbonyl (C=O) groups is 1. The fourth-order valence-corrected chi connectivity index (χ4v) is 4.86. The average molecular weight is 417 g/mol. The quantitative estimate of drug-likeness (QED) is 0.749. The fraction of sp³-hybridized carbons (Fsp3) is 0.409. The van der Waals surface area contributed by atoms with E-state index in [-0.39, 0.29) is 16.9 Å². The van der Waals surface area contributed by atoms with Crippen LogP contribution in [0.3, 0.4) is 0 Å². The van der Waals surface area contributed by atoms with Crippen LogP contribution < -0.4 is 10.1 Å². The Balaban J connectivity index is 1.65. The normalized spacial score (nSPS) is 15.3. The van der Waals surface area contributed by atoms with Crippen LogP contribution in [0.5, 0.6) is 5.75 Å². The van der Waals surface area contributed by atoms with Crippen molar-refractivity contribution in [2.24, 2.45) is 0 Å². The highest BCUT2D eigenvalue weighted by atomic mass is 32.2. The van der Waals surface area contributed by atoms with Crippen molar-refractivity contribution in [3.8, 4) is 5.75 Å². The molecule has 1 amide bonds. The first-order valence-corrected chi connectivity index (χ1v) is 11.4. The van der Waals surface area contributed by atoms with Gasteiger partial charge in [-0.1, -0.05) is 24.6 Å². The monoisotopic (exact) mass is 416 g/mol. The molecule has 0 unspecified atom stereocenters. The highest BCUT2D eigenvalue weighted by Gasteiger charge is 2.26. The summed E-state index contributed by atoms with van der Waals surface area (Å²) in [6.07, 6.45) is 2.91. The van der Waals surface area contributed by atoms with E-state index in [2.05, 4.69) is 5.32 Å². The predicted octanol–water partition coefficient (Wildman–Crippen LogP) is 3.58. The molecule has 3 rings (SSSR count). The maximum Gasteiger partial charge on any atom is 0.251 e. The molecule has 0 atom stereocenters. The second-order valence-corrected chi connectivity index (χ2v) is 9.42. The van der Waals surface area contributed by atoms with Crippen LogP contribution in [0.4, 0.5) is 0 Å². The van der Waals surface area contributed by atoms with Gasteiger partial charge in [-0.2, -0.15) is 4.31 Å². The number of hydrogen-bond acceptors (Lipinski definition) is 4. The number of sulfonamides is 1. The zero-order chi connectivity index (χ0) is 20.9. The van der Waals surface area contributed by atoms with Crippen LogP contribution in [-0.4, -0.2) is 37.8 Å². The van der Waals surface area contributed by atoms with Crippen LogP contribution in [0, 0.1) is 0 Å². The van der Waals surface area contributed by atoms with Crippen LogP contribution in [0.15, 0.2) is 53.4 Å². The number of piperidine rings is 1. The summed E-state index contributed by atoms with van der Waals surface area (Å²) in [6, 6.07) is 13.8. The Bertz CT molecular complexity index is 934. The van der Waals surface area contributed by atoms with E-state index in [0.717, 1.165) is 30.6 Å². The van der Waals surface area contributed by atoms with Crippen LogP contribution in [0.25, 0.3) is 0 Å². The molecule has 1 fully saturated rings. The summed E-state index contributed by atoms with van der Waals surface area (Å²) in [6.45, 7) is 5.36. The lowest BCUT2D eigenvalue weighted by molar-refractivity contribution is 0.0950. The molecule has 2 aromatic carbocycles. The van der Waals surface area contributed by atoms with E-state index in [9.17, 15) is 13.2 Å². The highest BCUT2D eigenvalue weighted by Crippen LogP contribution is 2.21. The highest BCUT2D eigenvalue weighted by molar-refractivity contribution is 7.89. The first-order valence-electron chi connectivity index (χ1n) is 10.0. The molecule has 1 N–H and O–H groups in total. The number of ether oxygens (including phenoxy) is 1. The Hall–Kier alpha value is -2.38. The molecule has 29 heavy (non-hydrogen) atoms. The Kier molecular flexibility index (Phi) is 6.92. The minimum Gasteiger partial charge on any atom is -0.491 e. The number of hydrogen-bond donors (Lipinski definition) is 1. The van der Waals surface area contributed by atoms with Crippen molar-refractivity contribution in [1.29, 1.82) is 0 Å². The van der Waals surface area contributed by atoms with Crippen LogP contribution >= 0.6 is 0 Å². The minimum absolute atomic E-state index is 0.106. The van der Waals surface area contributed by atoms with Crippen molar-refractivity contribution in [3.05, 3.63) is 59.7 Å². The van der Waals surface area contributed by atoms with Crippen molar-refractivity contribution in [2.75, 3.05) is 13.1 Å². The van der Waals surface area contributed by atoms with Crippen LogP contribution in [0.2, 0.25) is 0 Å². The van der Waals surface area contributed by atoms with Crippen molar-refractivity contribution >= 4 is 15.9 Å². The van der Waals surface area contributed by atoms with Gasteiger partial charge in [0.15, 0.2) is 0 Å². The van der Waals surface area contributed by atoms with Crippen molar-refractivity contribution in [1.82, 2.24) is 9.62 Å². The maximum atomic E-state index is 12.8. The van der Waals surface area contributed by atoms with E-state index < -0.39 is 10.0 Å². The van der Waals surface area contributed by atoms with Gasteiger partial charge in [0.2, 0.25) is 10.0 Å². The average Bonchev–Trinajstić information content (AvgIpc) is 2.73. The van der Waals surface area contributed by atoms with Gasteiger partial charge in [0.1, 0.15) is 5.75 Å². The number of rotatable bonds is 7. The van der Waals surface area contributed by atoms with Gasteiger partial charge in [0.05, 0.1) is 11.0 Å². The lowest BCUT2D eigenvalue weighted by atomic mass is 10.2. The third-order valence-electron chi connectivity index (χ3n) is 4.80. The predicted molar refractivity (Wildman–Crippen MR) is 112 cm³/mol. The van der Waals surface area contributed by atoms with E-state index in [1.54, 1.807) is 18.2 Å². The minimum atomic E-state index is -3.56. The Labute approximate surface area is 172 Å². The van der Waals surface area contributed by atoms with E-state index in [1.165, 1.54) is 10.4 Å². The van der Waals surface area contributed by atoms with Gasteiger partial charge in [-0.25, -0.2) is 8.42 Å². The van der Waals surface area contributed by atoms with Gasteiger partial charge in [0, 0.05) is 25.2 Å². The molecule has 1 saturated heterocycles. The summed E-state index contributed by atoms with van der Waals surface area (Å²) in [5.74, 6) is 0.480. The fourth-order valence-electron chi connectivity index (χ4n) is 3.29. The smallest absolute Gasteiger partial charge is 0.251 e. The lowest BCUT2D eigenvalue weighted by Crippen LogP contribution is -2.35. The molecule has 0 spiro atoms. The van der Waals surface area contributed by atoms with Crippen molar-refractivity contribution in [3.63, 3.8) is 0 Å². The number of amides is 1. The molecule has 0 saturated carbocycles. The van der Waals surface area contributed by atoms with Gasteiger partial charge >= 0.3 is 0 Å². The Morgan fingerprint density at radius 1 is 1.07 bits per heavy atom. The third kappa shape index (κ3) is 5.58. The molecule has 0 radical (unpaired) electrons. The molecular formula is C22H28N2O4S. The van der Waals surface area contributed by atoms with Gasteiger partial charge in [0.25, 0.3) is 5.91 Å². The Morgan fingerprint density at radius 2 is 1.76 bits per heavy atom. The molecule has 6 nitrogen and oxygen atoms in total. The molecular weight excluding hydrogens is 388 g/mol. The molecule has 156 valence electrons. The zero-order valence-corrected chi connectivity index (χ0v) is 17.7. The summed E-state index contributed by atoms with van der Waals surface area (Å²) in [7, 11) is -3.56. The number of nitrogens with one attached hydrogen (secondary N) is 1. The van der Waals surface area contributed by atoms with Gasteiger partial charge in [-0.05, 0) is 62.6 Å². The van der Waals surface area contributed by atoms with E-state index in [1.807, 2.05) is 38.1 Å². The summed E-state index contributed by atoms with van der Waals surface area (Å²) >= 11 is 0. The number of nitrogens with zero attached hydrogens (tertiary/aromatic N) is 1. The van der Waals surface area contributed by atoms with E-state index in [4.69, 9.17) is 4.74 Å². The second-order valence-electron chi connectivity index (χ2n) is 7.49. The SMILES string of the molecule is CC(C)Oc1ccc(CNC(=O)c2cccc(S(=O)(=O)N3CCCCC3)c2)cc1. The van der Waals surface area contributed by atoms with Crippen molar-refractivity contribution in [2.45, 2.75) is 50.7 Å². The number of carbonyl (C=O) groups excluding carboxylic acids is 1. The van der Waals surface area contributed by atoms with Gasteiger partial charge in [-0.3, -0.25) is 4.79 Å². The van der Waals surface area contributed by atoms with Gasteiger partial charge < -0.3 is 10.1 Å². The molecule has 1 aliphatic heterocycles.